The predicted molar refractivity (Wildman–Crippen MR) is 113 cm³/mol. The topological polar surface area (TPSA) is 104 Å². The van der Waals surface area contributed by atoms with Gasteiger partial charge in [0.2, 0.25) is 10.0 Å². The molecule has 0 bridgehead atoms. The van der Waals surface area contributed by atoms with Crippen LogP contribution in [0.5, 0.6) is 5.75 Å². The lowest BCUT2D eigenvalue weighted by Gasteiger charge is -2.33. The van der Waals surface area contributed by atoms with Crippen molar-refractivity contribution in [1.29, 1.82) is 5.26 Å². The van der Waals surface area contributed by atoms with Crippen molar-refractivity contribution >= 4 is 26.9 Å². The molecule has 0 N–H and O–H groups in total. The Morgan fingerprint density at radius 3 is 2.52 bits per heavy atom. The maximum atomic E-state index is 13.1. The molecular formula is C22H21N3O5S. The number of nitriles is 1. The van der Waals surface area contributed by atoms with Crippen LogP contribution in [0.15, 0.2) is 51.8 Å². The van der Waals surface area contributed by atoms with E-state index >= 15 is 0 Å². The second kappa shape index (κ2) is 8.06. The van der Waals surface area contributed by atoms with E-state index in [9.17, 15) is 18.5 Å². The molecule has 1 saturated heterocycles. The largest absolute Gasteiger partial charge is 0.497 e. The van der Waals surface area contributed by atoms with E-state index in [0.29, 0.717) is 11.3 Å². The third-order valence-electron chi connectivity index (χ3n) is 5.49. The van der Waals surface area contributed by atoms with Gasteiger partial charge in [-0.1, -0.05) is 12.1 Å². The summed E-state index contributed by atoms with van der Waals surface area (Å²) < 4.78 is 38.3. The van der Waals surface area contributed by atoms with Crippen LogP contribution in [0.2, 0.25) is 0 Å². The fourth-order valence-electron chi connectivity index (χ4n) is 3.73. The average molecular weight is 439 g/mol. The van der Waals surface area contributed by atoms with Crippen molar-refractivity contribution < 1.29 is 22.4 Å². The van der Waals surface area contributed by atoms with E-state index in [4.69, 9.17) is 9.15 Å². The molecule has 3 aromatic rings. The molecule has 0 spiro atoms. The summed E-state index contributed by atoms with van der Waals surface area (Å²) in [5.74, 6) is 0.642. The first-order valence-corrected chi connectivity index (χ1v) is 11.2. The van der Waals surface area contributed by atoms with Crippen molar-refractivity contribution in [2.24, 2.45) is 0 Å². The Kier molecular flexibility index (Phi) is 5.43. The third kappa shape index (κ3) is 3.65. The summed E-state index contributed by atoms with van der Waals surface area (Å²) in [7, 11) is -2.24. The van der Waals surface area contributed by atoms with Gasteiger partial charge in [0.25, 0.3) is 5.91 Å². The number of methoxy groups -OCH3 is 1. The zero-order valence-electron chi connectivity index (χ0n) is 17.2. The first-order chi connectivity index (χ1) is 14.9. The lowest BCUT2D eigenvalue weighted by atomic mass is 10.1. The number of nitrogens with zero attached hydrogens (tertiary/aromatic N) is 3. The van der Waals surface area contributed by atoms with Gasteiger partial charge >= 0.3 is 0 Å². The summed E-state index contributed by atoms with van der Waals surface area (Å²) in [4.78, 5) is 14.6. The van der Waals surface area contributed by atoms with Gasteiger partial charge < -0.3 is 14.1 Å². The Labute approximate surface area is 180 Å². The van der Waals surface area contributed by atoms with E-state index in [1.807, 2.05) is 19.1 Å². The van der Waals surface area contributed by atoms with Crippen LogP contribution in [0.1, 0.15) is 21.7 Å². The van der Waals surface area contributed by atoms with Crippen molar-refractivity contribution in [3.05, 3.63) is 59.4 Å². The third-order valence-corrected chi connectivity index (χ3v) is 7.45. The molecule has 4 rings (SSSR count). The van der Waals surface area contributed by atoms with E-state index in [-0.39, 0.29) is 48.3 Å². The molecule has 0 atom stereocenters. The minimum Gasteiger partial charge on any atom is -0.497 e. The predicted octanol–water partition coefficient (Wildman–Crippen LogP) is 2.77. The minimum absolute atomic E-state index is 0.0145. The fraction of sp³-hybridized carbons (Fsp3) is 0.273. The van der Waals surface area contributed by atoms with Crippen LogP contribution in [-0.2, 0) is 10.0 Å². The summed E-state index contributed by atoms with van der Waals surface area (Å²) in [5, 5.41) is 10.0. The van der Waals surface area contributed by atoms with Crippen LogP contribution >= 0.6 is 0 Å². The molecule has 0 saturated carbocycles. The summed E-state index contributed by atoms with van der Waals surface area (Å²) in [6.07, 6.45) is 0. The SMILES string of the molecule is COc1ccc2oc(C(=O)N3CCN(S(=O)(=O)c4ccccc4C#N)CC3)c(C)c2c1. The number of hydrogen-bond acceptors (Lipinski definition) is 6. The van der Waals surface area contributed by atoms with Crippen LogP contribution in [0.3, 0.4) is 0 Å². The van der Waals surface area contributed by atoms with E-state index < -0.39 is 10.0 Å². The van der Waals surface area contributed by atoms with Crippen LogP contribution in [0.25, 0.3) is 11.0 Å². The Bertz CT molecular complexity index is 1300. The van der Waals surface area contributed by atoms with Crippen molar-refractivity contribution in [2.75, 3.05) is 33.3 Å². The zero-order valence-corrected chi connectivity index (χ0v) is 18.0. The quantitative estimate of drug-likeness (QED) is 0.619. The Morgan fingerprint density at radius 1 is 1.13 bits per heavy atom. The highest BCUT2D eigenvalue weighted by Crippen LogP contribution is 2.30. The smallest absolute Gasteiger partial charge is 0.289 e. The Hall–Kier alpha value is -3.35. The lowest BCUT2D eigenvalue weighted by molar-refractivity contribution is 0.0667. The van der Waals surface area contributed by atoms with Gasteiger partial charge in [-0.05, 0) is 37.3 Å². The highest BCUT2D eigenvalue weighted by molar-refractivity contribution is 7.89. The molecule has 2 aromatic carbocycles. The number of rotatable bonds is 4. The Balaban J connectivity index is 1.53. The molecule has 1 aliphatic rings. The van der Waals surface area contributed by atoms with E-state index in [1.54, 1.807) is 36.3 Å². The summed E-state index contributed by atoms with van der Waals surface area (Å²) in [6, 6.07) is 13.4. The van der Waals surface area contributed by atoms with Gasteiger partial charge in [-0.2, -0.15) is 9.57 Å². The van der Waals surface area contributed by atoms with Crippen LogP contribution in [-0.4, -0.2) is 56.8 Å². The summed E-state index contributed by atoms with van der Waals surface area (Å²) in [6.45, 7) is 2.55. The number of sulfonamides is 1. The van der Waals surface area contributed by atoms with Crippen molar-refractivity contribution in [3.63, 3.8) is 0 Å². The molecule has 31 heavy (non-hydrogen) atoms. The maximum Gasteiger partial charge on any atom is 0.289 e. The van der Waals surface area contributed by atoms with E-state index in [2.05, 4.69) is 0 Å². The number of amides is 1. The number of furan rings is 1. The number of piperazine rings is 1. The molecular weight excluding hydrogens is 418 g/mol. The first kappa shape index (κ1) is 20.9. The number of benzene rings is 2. The number of carbonyl (C=O) groups excluding carboxylic acids is 1. The number of aryl methyl sites for hydroxylation is 1. The lowest BCUT2D eigenvalue weighted by Crippen LogP contribution is -2.50. The van der Waals surface area contributed by atoms with Gasteiger partial charge in [0.05, 0.1) is 17.6 Å². The van der Waals surface area contributed by atoms with Gasteiger partial charge in [-0.3, -0.25) is 4.79 Å². The summed E-state index contributed by atoms with van der Waals surface area (Å²) in [5.41, 5.74) is 1.42. The molecule has 8 nitrogen and oxygen atoms in total. The number of ether oxygens (including phenoxy) is 1. The van der Waals surface area contributed by atoms with E-state index in [1.165, 1.54) is 16.4 Å². The molecule has 2 heterocycles. The normalized spacial score (nSPS) is 15.1. The molecule has 160 valence electrons. The van der Waals surface area contributed by atoms with Crippen molar-refractivity contribution in [1.82, 2.24) is 9.21 Å². The first-order valence-electron chi connectivity index (χ1n) is 9.72. The highest BCUT2D eigenvalue weighted by Gasteiger charge is 2.33. The van der Waals surface area contributed by atoms with Crippen LogP contribution in [0.4, 0.5) is 0 Å². The second-order valence-corrected chi connectivity index (χ2v) is 9.13. The van der Waals surface area contributed by atoms with Crippen molar-refractivity contribution in [3.8, 4) is 11.8 Å². The second-order valence-electron chi connectivity index (χ2n) is 7.22. The maximum absolute atomic E-state index is 13.1. The minimum atomic E-state index is -3.82. The Morgan fingerprint density at radius 2 is 1.84 bits per heavy atom. The zero-order chi connectivity index (χ0) is 22.2. The molecule has 0 unspecified atom stereocenters. The number of fused-ring (bicyclic) bond motifs is 1. The van der Waals surface area contributed by atoms with Crippen molar-refractivity contribution in [2.45, 2.75) is 11.8 Å². The molecule has 1 amide bonds. The van der Waals surface area contributed by atoms with Crippen LogP contribution < -0.4 is 4.74 Å². The van der Waals surface area contributed by atoms with E-state index in [0.717, 1.165) is 10.9 Å². The highest BCUT2D eigenvalue weighted by atomic mass is 32.2. The standard InChI is InChI=1S/C22H21N3O5S/c1-15-18-13-17(29-2)7-8-19(18)30-21(15)22(26)24-9-11-25(12-10-24)31(27,28)20-6-4-3-5-16(20)14-23/h3-8,13H,9-12H2,1-2H3. The molecule has 0 radical (unpaired) electrons. The van der Waals surface area contributed by atoms with Gasteiger partial charge in [-0.25, -0.2) is 8.42 Å². The molecule has 1 fully saturated rings. The van der Waals surface area contributed by atoms with Gasteiger partial charge in [0.1, 0.15) is 17.4 Å². The average Bonchev–Trinajstić information content (AvgIpc) is 3.14. The number of carbonyl (C=O) groups is 1. The summed E-state index contributed by atoms with van der Waals surface area (Å²) >= 11 is 0. The fourth-order valence-corrected chi connectivity index (χ4v) is 5.29. The molecule has 1 aromatic heterocycles. The molecule has 1 aliphatic heterocycles. The van der Waals surface area contributed by atoms with Crippen LogP contribution in [0, 0.1) is 18.3 Å². The van der Waals surface area contributed by atoms with Gasteiger partial charge in [0, 0.05) is 37.1 Å². The number of hydrogen-bond donors (Lipinski definition) is 0. The molecule has 9 heteroatoms. The molecule has 0 aliphatic carbocycles. The van der Waals surface area contributed by atoms with Gasteiger partial charge in [0.15, 0.2) is 5.76 Å². The monoisotopic (exact) mass is 439 g/mol. The van der Waals surface area contributed by atoms with Gasteiger partial charge in [-0.15, -0.1) is 0 Å².